The number of ketones is 2. The van der Waals surface area contributed by atoms with E-state index in [9.17, 15) is 9.59 Å². The van der Waals surface area contributed by atoms with Gasteiger partial charge in [-0.2, -0.15) is 0 Å². The SMILES string of the molecule is CC(=O)C=C(C)O.CC(=O)C=C(C)O.CCCCO.CCCCO.[Ti]. The molecule has 0 aliphatic rings. The van der Waals surface area contributed by atoms with Gasteiger partial charge in [-0.05, 0) is 40.5 Å². The fraction of sp³-hybridized carbons (Fsp3) is 0.667. The zero-order chi connectivity index (χ0) is 20.0. The van der Waals surface area contributed by atoms with E-state index < -0.39 is 0 Å². The summed E-state index contributed by atoms with van der Waals surface area (Å²) in [7, 11) is 0. The largest absolute Gasteiger partial charge is 0.512 e. The molecule has 0 aromatic rings. The van der Waals surface area contributed by atoms with Crippen molar-refractivity contribution in [3.8, 4) is 0 Å². The minimum absolute atomic E-state index is 0. The van der Waals surface area contributed by atoms with Crippen LogP contribution in [0.5, 0.6) is 0 Å². The number of unbranched alkanes of at least 4 members (excludes halogenated alkanes) is 2. The summed E-state index contributed by atoms with van der Waals surface area (Å²) in [5, 5.41) is 32.9. The van der Waals surface area contributed by atoms with Gasteiger partial charge in [0.2, 0.25) is 0 Å². The number of aliphatic hydroxyl groups is 4. The van der Waals surface area contributed by atoms with Crippen LogP contribution in [-0.2, 0) is 31.3 Å². The maximum atomic E-state index is 10.0. The van der Waals surface area contributed by atoms with Crippen LogP contribution in [0.2, 0.25) is 0 Å². The molecule has 0 unspecified atom stereocenters. The summed E-state index contributed by atoms with van der Waals surface area (Å²) >= 11 is 0. The standard InChI is InChI=1S/2C5H8O2.2C4H10O.Ti/c2*1-4(6)3-5(2)7;2*1-2-3-4-5;/h2*3,6H,1-2H3;2*5H,2-4H2,1H3;. The number of hydrogen-bond donors (Lipinski definition) is 4. The number of rotatable bonds is 6. The van der Waals surface area contributed by atoms with Crippen molar-refractivity contribution < 1.29 is 51.7 Å². The van der Waals surface area contributed by atoms with E-state index in [2.05, 4.69) is 13.8 Å². The molecule has 25 heavy (non-hydrogen) atoms. The molecule has 0 rings (SSSR count). The van der Waals surface area contributed by atoms with Crippen molar-refractivity contribution in [1.29, 1.82) is 0 Å². The van der Waals surface area contributed by atoms with Crippen LogP contribution in [0.4, 0.5) is 0 Å². The first kappa shape index (κ1) is 35.2. The summed E-state index contributed by atoms with van der Waals surface area (Å²) in [6.07, 6.45) is 6.41. The van der Waals surface area contributed by atoms with Gasteiger partial charge in [0.15, 0.2) is 11.6 Å². The van der Waals surface area contributed by atoms with E-state index in [4.69, 9.17) is 20.4 Å². The summed E-state index contributed by atoms with van der Waals surface area (Å²) in [5.74, 6) is -0.125. The number of carbonyl (C=O) groups excluding carboxylic acids is 2. The van der Waals surface area contributed by atoms with Gasteiger partial charge in [-0.25, -0.2) is 0 Å². The third kappa shape index (κ3) is 83.6. The van der Waals surface area contributed by atoms with Crippen LogP contribution >= 0.6 is 0 Å². The van der Waals surface area contributed by atoms with Gasteiger partial charge < -0.3 is 20.4 Å². The maximum absolute atomic E-state index is 10.0. The van der Waals surface area contributed by atoms with Gasteiger partial charge in [0.1, 0.15) is 0 Å². The summed E-state index contributed by atoms with van der Waals surface area (Å²) in [6, 6.07) is 0. The van der Waals surface area contributed by atoms with E-state index in [0.29, 0.717) is 13.2 Å². The molecule has 0 saturated heterocycles. The molecule has 0 aliphatic heterocycles. The average molecular weight is 396 g/mol. The summed E-state index contributed by atoms with van der Waals surface area (Å²) in [6.45, 7) is 10.5. The summed E-state index contributed by atoms with van der Waals surface area (Å²) in [5.41, 5.74) is 0. The van der Waals surface area contributed by atoms with Gasteiger partial charge in [-0.1, -0.05) is 26.7 Å². The zero-order valence-corrected chi connectivity index (χ0v) is 18.1. The molecule has 4 N–H and O–H groups in total. The second-order valence-electron chi connectivity index (χ2n) is 4.95. The first-order valence-corrected chi connectivity index (χ1v) is 8.06. The van der Waals surface area contributed by atoms with Crippen molar-refractivity contribution >= 4 is 11.6 Å². The Kier molecular flexibility index (Phi) is 43.5. The Balaban J connectivity index is -0.0000000711. The van der Waals surface area contributed by atoms with Crippen molar-refractivity contribution in [2.75, 3.05) is 13.2 Å². The minimum Gasteiger partial charge on any atom is -0.512 e. The molecular formula is C18H36O6Ti. The molecule has 0 spiro atoms. The third-order valence-corrected chi connectivity index (χ3v) is 1.85. The number of allylic oxidation sites excluding steroid dienone is 4. The second kappa shape index (κ2) is 30.9. The van der Waals surface area contributed by atoms with Gasteiger partial charge >= 0.3 is 0 Å². The quantitative estimate of drug-likeness (QED) is 0.310. The van der Waals surface area contributed by atoms with E-state index in [1.54, 1.807) is 0 Å². The van der Waals surface area contributed by atoms with E-state index >= 15 is 0 Å². The van der Waals surface area contributed by atoms with Crippen LogP contribution in [0.15, 0.2) is 23.7 Å². The Hall–Kier alpha value is -0.946. The van der Waals surface area contributed by atoms with Crippen LogP contribution in [-0.4, -0.2) is 45.2 Å². The van der Waals surface area contributed by atoms with Gasteiger partial charge in [-0.15, -0.1) is 0 Å². The summed E-state index contributed by atoms with van der Waals surface area (Å²) < 4.78 is 0. The normalized spacial score (nSPS) is 9.76. The first-order chi connectivity index (χ1) is 11.1. The van der Waals surface area contributed by atoms with Crippen molar-refractivity contribution in [3.63, 3.8) is 0 Å². The number of aliphatic hydroxyl groups excluding tert-OH is 4. The van der Waals surface area contributed by atoms with Crippen molar-refractivity contribution in [3.05, 3.63) is 23.7 Å². The Bertz CT molecular complexity index is 305. The topological polar surface area (TPSA) is 115 Å². The Morgan fingerprint density at radius 3 is 0.960 bits per heavy atom. The number of hydrogen-bond acceptors (Lipinski definition) is 6. The molecule has 6 nitrogen and oxygen atoms in total. The fourth-order valence-electron chi connectivity index (χ4n) is 0.905. The molecule has 0 amide bonds. The van der Waals surface area contributed by atoms with Gasteiger partial charge in [0, 0.05) is 47.1 Å². The Labute approximate surface area is 167 Å². The molecule has 0 saturated carbocycles. The van der Waals surface area contributed by atoms with Crippen LogP contribution < -0.4 is 0 Å². The maximum Gasteiger partial charge on any atom is 0.155 e. The first-order valence-electron chi connectivity index (χ1n) is 8.06. The van der Waals surface area contributed by atoms with E-state index in [1.165, 1.54) is 39.8 Å². The molecule has 7 heteroatoms. The number of carbonyl (C=O) groups is 2. The van der Waals surface area contributed by atoms with Crippen molar-refractivity contribution in [2.45, 2.75) is 67.2 Å². The van der Waals surface area contributed by atoms with Crippen LogP contribution in [0.1, 0.15) is 67.2 Å². The van der Waals surface area contributed by atoms with E-state index in [1.807, 2.05) is 0 Å². The Morgan fingerprint density at radius 2 is 0.960 bits per heavy atom. The molecule has 0 aromatic heterocycles. The fourth-order valence-corrected chi connectivity index (χ4v) is 0.905. The predicted octanol–water partition coefficient (Wildman–Crippen LogP) is 3.63. The average Bonchev–Trinajstić information content (AvgIpc) is 2.39. The molecular weight excluding hydrogens is 360 g/mol. The monoisotopic (exact) mass is 396 g/mol. The van der Waals surface area contributed by atoms with E-state index in [-0.39, 0.29) is 44.8 Å². The molecule has 0 bridgehead atoms. The predicted molar refractivity (Wildman–Crippen MR) is 98.1 cm³/mol. The van der Waals surface area contributed by atoms with Crippen molar-refractivity contribution in [2.24, 2.45) is 0 Å². The van der Waals surface area contributed by atoms with Crippen LogP contribution in [0.3, 0.4) is 0 Å². The smallest absolute Gasteiger partial charge is 0.155 e. The molecule has 0 heterocycles. The van der Waals surface area contributed by atoms with Crippen LogP contribution in [0.25, 0.3) is 0 Å². The van der Waals surface area contributed by atoms with Gasteiger partial charge in [0.25, 0.3) is 0 Å². The molecule has 148 valence electrons. The molecule has 0 aromatic carbocycles. The van der Waals surface area contributed by atoms with Gasteiger partial charge in [0.05, 0.1) is 11.5 Å². The van der Waals surface area contributed by atoms with Crippen LogP contribution in [0, 0.1) is 0 Å². The molecule has 0 aliphatic carbocycles. The second-order valence-corrected chi connectivity index (χ2v) is 4.95. The summed E-state index contributed by atoms with van der Waals surface area (Å²) in [4.78, 5) is 20.0. The van der Waals surface area contributed by atoms with E-state index in [0.717, 1.165) is 25.7 Å². The Morgan fingerprint density at radius 1 is 0.720 bits per heavy atom. The zero-order valence-electron chi connectivity index (χ0n) is 16.5. The third-order valence-electron chi connectivity index (χ3n) is 1.85. The van der Waals surface area contributed by atoms with Crippen molar-refractivity contribution in [1.82, 2.24) is 0 Å². The minimum atomic E-state index is -0.125. The molecule has 0 atom stereocenters. The van der Waals surface area contributed by atoms with Gasteiger partial charge in [-0.3, -0.25) is 9.59 Å². The molecule has 0 fully saturated rings. The molecule has 0 radical (unpaired) electrons.